The van der Waals surface area contributed by atoms with Crippen LogP contribution in [0.4, 0.5) is 4.39 Å². The Labute approximate surface area is 137 Å². The van der Waals surface area contributed by atoms with Crippen molar-refractivity contribution in [2.45, 2.75) is 25.6 Å². The molecule has 2 N–H and O–H groups in total. The van der Waals surface area contributed by atoms with Gasteiger partial charge in [-0.15, -0.1) is 0 Å². The Bertz CT molecular complexity index is 630. The Hall–Kier alpha value is -1.75. The van der Waals surface area contributed by atoms with Gasteiger partial charge in [-0.1, -0.05) is 36.4 Å². The Morgan fingerprint density at radius 2 is 1.78 bits per heavy atom. The van der Waals surface area contributed by atoms with Crippen LogP contribution in [0.25, 0.3) is 0 Å². The first-order valence-electron chi connectivity index (χ1n) is 7.86. The molecule has 124 valence electrons. The van der Waals surface area contributed by atoms with Gasteiger partial charge in [0.1, 0.15) is 5.82 Å². The number of nitrogens with zero attached hydrogens (tertiary/aromatic N) is 1. The standard InChI is InChI=1S/C19H25FN2O/c1-14(16-7-4-6-15(10-16)13-23)21-12-19(22(2)3)17-8-5-9-18(20)11-17/h4-11,14,19,21,23H,12-13H2,1-3H3. The van der Waals surface area contributed by atoms with Gasteiger partial charge < -0.3 is 15.3 Å². The van der Waals surface area contributed by atoms with E-state index in [1.54, 1.807) is 12.1 Å². The SMILES string of the molecule is CC(NCC(c1cccc(F)c1)N(C)C)c1cccc(CO)c1. The molecule has 0 heterocycles. The highest BCUT2D eigenvalue weighted by Gasteiger charge is 2.16. The zero-order valence-electron chi connectivity index (χ0n) is 14.0. The first-order chi connectivity index (χ1) is 11.0. The van der Waals surface area contributed by atoms with Gasteiger partial charge in [-0.25, -0.2) is 4.39 Å². The summed E-state index contributed by atoms with van der Waals surface area (Å²) >= 11 is 0. The maximum atomic E-state index is 13.5. The van der Waals surface area contributed by atoms with E-state index in [1.807, 2.05) is 44.4 Å². The van der Waals surface area contributed by atoms with Crippen molar-refractivity contribution in [3.63, 3.8) is 0 Å². The van der Waals surface area contributed by atoms with Crippen molar-refractivity contribution in [1.29, 1.82) is 0 Å². The molecule has 0 radical (unpaired) electrons. The lowest BCUT2D eigenvalue weighted by Gasteiger charge is -2.27. The van der Waals surface area contributed by atoms with E-state index in [-0.39, 0.29) is 24.5 Å². The van der Waals surface area contributed by atoms with Crippen LogP contribution in [0.1, 0.15) is 35.7 Å². The molecule has 0 aliphatic rings. The molecule has 2 aromatic carbocycles. The van der Waals surface area contributed by atoms with Gasteiger partial charge in [-0.05, 0) is 49.8 Å². The predicted molar refractivity (Wildman–Crippen MR) is 91.6 cm³/mol. The molecule has 0 fully saturated rings. The Kier molecular flexibility index (Phi) is 6.28. The summed E-state index contributed by atoms with van der Waals surface area (Å²) in [5, 5.41) is 12.8. The number of nitrogens with one attached hydrogen (secondary N) is 1. The zero-order valence-corrected chi connectivity index (χ0v) is 14.0. The van der Waals surface area contributed by atoms with Gasteiger partial charge in [0.25, 0.3) is 0 Å². The maximum absolute atomic E-state index is 13.5. The molecule has 0 spiro atoms. The second-order valence-electron chi connectivity index (χ2n) is 6.07. The molecule has 0 bridgehead atoms. The van der Waals surface area contributed by atoms with Crippen LogP contribution >= 0.6 is 0 Å². The molecule has 2 atom stereocenters. The van der Waals surface area contributed by atoms with E-state index in [0.717, 1.165) is 16.7 Å². The van der Waals surface area contributed by atoms with Gasteiger partial charge in [0.15, 0.2) is 0 Å². The average molecular weight is 316 g/mol. The van der Waals surface area contributed by atoms with Crippen molar-refractivity contribution < 1.29 is 9.50 Å². The highest BCUT2D eigenvalue weighted by molar-refractivity contribution is 5.25. The minimum absolute atomic E-state index is 0.0458. The first kappa shape index (κ1) is 17.6. The van der Waals surface area contributed by atoms with Gasteiger partial charge in [0.05, 0.1) is 6.61 Å². The Morgan fingerprint density at radius 3 is 2.43 bits per heavy atom. The monoisotopic (exact) mass is 316 g/mol. The molecule has 2 rings (SSSR count). The summed E-state index contributed by atoms with van der Waals surface area (Å²) in [5.41, 5.74) is 3.00. The second-order valence-corrected chi connectivity index (χ2v) is 6.07. The number of aliphatic hydroxyl groups excluding tert-OH is 1. The fourth-order valence-corrected chi connectivity index (χ4v) is 2.68. The number of aliphatic hydroxyl groups is 1. The number of rotatable bonds is 7. The summed E-state index contributed by atoms with van der Waals surface area (Å²) in [4.78, 5) is 2.08. The third-order valence-electron chi connectivity index (χ3n) is 4.11. The molecule has 4 heteroatoms. The fraction of sp³-hybridized carbons (Fsp3) is 0.368. The fourth-order valence-electron chi connectivity index (χ4n) is 2.68. The van der Waals surface area contributed by atoms with Crippen LogP contribution < -0.4 is 5.32 Å². The molecule has 0 aliphatic heterocycles. The number of hydrogen-bond acceptors (Lipinski definition) is 3. The van der Waals surface area contributed by atoms with Gasteiger partial charge in [-0.2, -0.15) is 0 Å². The minimum Gasteiger partial charge on any atom is -0.392 e. The van der Waals surface area contributed by atoms with Crippen molar-refractivity contribution in [2.24, 2.45) is 0 Å². The van der Waals surface area contributed by atoms with Crippen LogP contribution in [0, 0.1) is 5.82 Å². The van der Waals surface area contributed by atoms with Crippen molar-refractivity contribution in [1.82, 2.24) is 10.2 Å². The molecule has 2 unspecified atom stereocenters. The lowest BCUT2D eigenvalue weighted by Crippen LogP contribution is -2.32. The number of benzene rings is 2. The van der Waals surface area contributed by atoms with Crippen LogP contribution in [0.2, 0.25) is 0 Å². The maximum Gasteiger partial charge on any atom is 0.123 e. The van der Waals surface area contributed by atoms with Crippen LogP contribution in [0.15, 0.2) is 48.5 Å². The third-order valence-corrected chi connectivity index (χ3v) is 4.11. The van der Waals surface area contributed by atoms with Crippen molar-refractivity contribution >= 4 is 0 Å². The topological polar surface area (TPSA) is 35.5 Å². The van der Waals surface area contributed by atoms with E-state index in [9.17, 15) is 9.50 Å². The Balaban J connectivity index is 2.06. The van der Waals surface area contributed by atoms with Crippen molar-refractivity contribution in [3.05, 3.63) is 71.0 Å². The van der Waals surface area contributed by atoms with E-state index in [1.165, 1.54) is 6.07 Å². The summed E-state index contributed by atoms with van der Waals surface area (Å²) in [7, 11) is 3.99. The third kappa shape index (κ3) is 4.86. The normalized spacial score (nSPS) is 14.0. The number of hydrogen-bond donors (Lipinski definition) is 2. The van der Waals surface area contributed by atoms with Gasteiger partial charge in [0.2, 0.25) is 0 Å². The molecule has 23 heavy (non-hydrogen) atoms. The smallest absolute Gasteiger partial charge is 0.123 e. The molecule has 0 aliphatic carbocycles. The molecule has 0 saturated carbocycles. The summed E-state index contributed by atoms with van der Waals surface area (Å²) in [6.45, 7) is 2.85. The molecule has 0 saturated heterocycles. The minimum atomic E-state index is -0.210. The highest BCUT2D eigenvalue weighted by atomic mass is 19.1. The van der Waals surface area contributed by atoms with Gasteiger partial charge in [-0.3, -0.25) is 0 Å². The summed E-state index contributed by atoms with van der Waals surface area (Å²) in [5.74, 6) is -0.210. The molecule has 0 aromatic heterocycles. The van der Waals surface area contributed by atoms with E-state index in [2.05, 4.69) is 17.1 Å². The van der Waals surface area contributed by atoms with E-state index in [0.29, 0.717) is 6.54 Å². The first-order valence-corrected chi connectivity index (χ1v) is 7.86. The zero-order chi connectivity index (χ0) is 16.8. The average Bonchev–Trinajstić information content (AvgIpc) is 2.54. The molecular weight excluding hydrogens is 291 g/mol. The summed E-state index contributed by atoms with van der Waals surface area (Å²) < 4.78 is 13.5. The Morgan fingerprint density at radius 1 is 1.09 bits per heavy atom. The largest absolute Gasteiger partial charge is 0.392 e. The van der Waals surface area contributed by atoms with E-state index >= 15 is 0 Å². The molecule has 2 aromatic rings. The second kappa shape index (κ2) is 8.20. The van der Waals surface area contributed by atoms with Crippen molar-refractivity contribution in [2.75, 3.05) is 20.6 Å². The molecular formula is C19H25FN2O. The van der Waals surface area contributed by atoms with Gasteiger partial charge in [0, 0.05) is 18.6 Å². The lowest BCUT2D eigenvalue weighted by molar-refractivity contribution is 0.279. The highest BCUT2D eigenvalue weighted by Crippen LogP contribution is 2.20. The number of likely N-dealkylation sites (N-methyl/N-ethyl adjacent to an activating group) is 1. The van der Waals surface area contributed by atoms with E-state index < -0.39 is 0 Å². The van der Waals surface area contributed by atoms with Crippen LogP contribution in [0.5, 0.6) is 0 Å². The summed E-state index contributed by atoms with van der Waals surface area (Å²) in [6, 6.07) is 14.9. The predicted octanol–water partition coefficient (Wildman–Crippen LogP) is 3.27. The van der Waals surface area contributed by atoms with Crippen molar-refractivity contribution in [3.8, 4) is 0 Å². The van der Waals surface area contributed by atoms with Crippen LogP contribution in [-0.4, -0.2) is 30.6 Å². The quantitative estimate of drug-likeness (QED) is 0.823. The van der Waals surface area contributed by atoms with E-state index in [4.69, 9.17) is 0 Å². The molecule has 3 nitrogen and oxygen atoms in total. The lowest BCUT2D eigenvalue weighted by atomic mass is 10.0. The molecule has 0 amide bonds. The van der Waals surface area contributed by atoms with Crippen LogP contribution in [0.3, 0.4) is 0 Å². The number of halogens is 1. The van der Waals surface area contributed by atoms with Gasteiger partial charge >= 0.3 is 0 Å². The van der Waals surface area contributed by atoms with Crippen LogP contribution in [-0.2, 0) is 6.61 Å². The summed E-state index contributed by atoms with van der Waals surface area (Å²) in [6.07, 6.45) is 0.